The fourth-order valence-electron chi connectivity index (χ4n) is 8.02. The Morgan fingerprint density at radius 1 is 0.684 bits per heavy atom. The molecule has 2 aliphatic carbocycles. The lowest BCUT2D eigenvalue weighted by Gasteiger charge is -2.33. The van der Waals surface area contributed by atoms with Gasteiger partial charge in [0, 0.05) is 35.8 Å². The largest absolute Gasteiger partial charge is 0.322 e. The molecule has 0 N–H and O–H groups in total. The van der Waals surface area contributed by atoms with Crippen LogP contribution in [0.25, 0.3) is 22.5 Å². The van der Waals surface area contributed by atoms with E-state index in [0.29, 0.717) is 24.4 Å². The Bertz CT molecular complexity index is 1600. The minimum Gasteiger partial charge on any atom is -0.322 e. The Kier molecular flexibility index (Phi) is 4.88. The van der Waals surface area contributed by atoms with E-state index in [2.05, 4.69) is 61.6 Å². The van der Waals surface area contributed by atoms with Crippen LogP contribution < -0.4 is 0 Å². The molecule has 0 amide bonds. The summed E-state index contributed by atoms with van der Waals surface area (Å²) >= 11 is 0. The number of carbonyl (C=O) groups excluding carboxylic acids is 2. The summed E-state index contributed by atoms with van der Waals surface area (Å²) in [4.78, 5) is 35.7. The predicted molar refractivity (Wildman–Crippen MR) is 144 cm³/mol. The molecule has 4 heterocycles. The lowest BCUT2D eigenvalue weighted by Crippen LogP contribution is -2.31. The molecule has 2 aliphatic heterocycles. The molecule has 6 heteroatoms. The topological polar surface area (TPSA) is 69.8 Å². The number of nitrogens with zero attached hydrogens (tertiary/aromatic N) is 4. The van der Waals surface area contributed by atoms with Crippen molar-refractivity contribution in [3.05, 3.63) is 84.2 Å². The maximum absolute atomic E-state index is 13.9. The highest BCUT2D eigenvalue weighted by Crippen LogP contribution is 2.52. The summed E-state index contributed by atoms with van der Waals surface area (Å²) in [5.41, 5.74) is 8.35. The second-order valence-corrected chi connectivity index (χ2v) is 11.5. The van der Waals surface area contributed by atoms with E-state index in [9.17, 15) is 9.59 Å². The fraction of sp³-hybridized carbons (Fsp3) is 0.375. The van der Waals surface area contributed by atoms with Crippen molar-refractivity contribution in [1.29, 1.82) is 0 Å². The summed E-state index contributed by atoms with van der Waals surface area (Å²) in [6, 6.07) is 15.0. The third-order valence-corrected chi connectivity index (χ3v) is 9.68. The SMILES string of the molecule is O=C1CC(c2cccc3c2-c2cncn2[C@@H]3[C@H]2CCCCC2=O)CC[C@H]1[C@H]1c2ccccc2-c2cncn21. The first-order chi connectivity index (χ1) is 18.7. The smallest absolute Gasteiger partial charge is 0.139 e. The van der Waals surface area contributed by atoms with Crippen LogP contribution in [0.1, 0.15) is 79.6 Å². The van der Waals surface area contributed by atoms with Gasteiger partial charge in [0.25, 0.3) is 0 Å². The van der Waals surface area contributed by atoms with Crippen molar-refractivity contribution in [1.82, 2.24) is 19.1 Å². The normalized spacial score (nSPS) is 27.6. The van der Waals surface area contributed by atoms with E-state index >= 15 is 0 Å². The van der Waals surface area contributed by atoms with Gasteiger partial charge in [-0.15, -0.1) is 0 Å². The van der Waals surface area contributed by atoms with Crippen molar-refractivity contribution < 1.29 is 9.59 Å². The summed E-state index contributed by atoms with van der Waals surface area (Å²) in [5, 5.41) is 0. The number of benzene rings is 2. The number of aromatic nitrogens is 4. The molecule has 2 fully saturated rings. The fourth-order valence-corrected chi connectivity index (χ4v) is 8.02. The molecule has 8 rings (SSSR count). The van der Waals surface area contributed by atoms with E-state index in [-0.39, 0.29) is 29.8 Å². The molecule has 0 radical (unpaired) electrons. The number of rotatable bonds is 3. The third kappa shape index (κ3) is 3.06. The van der Waals surface area contributed by atoms with E-state index in [4.69, 9.17) is 0 Å². The molecule has 6 nitrogen and oxygen atoms in total. The molecular weight excluding hydrogens is 472 g/mol. The van der Waals surface area contributed by atoms with Crippen LogP contribution in [0, 0.1) is 11.8 Å². The van der Waals surface area contributed by atoms with Gasteiger partial charge in [-0.1, -0.05) is 48.9 Å². The van der Waals surface area contributed by atoms with Gasteiger partial charge in [-0.05, 0) is 48.3 Å². The van der Waals surface area contributed by atoms with Crippen LogP contribution in [0.15, 0.2) is 67.5 Å². The Hall–Kier alpha value is -3.80. The Labute approximate surface area is 221 Å². The standard InChI is InChI=1S/C32H30N4O2/c37-28-11-4-3-8-23(28)32-25-10-5-9-20(30(25)27-16-34-18-36(27)32)19-12-13-24(29(38)14-19)31-22-7-2-1-6-21(22)26-15-33-17-35(26)31/h1-2,5-7,9-10,15-19,23-24,31-32H,3-4,8,11-14H2/t19?,23-,24+,31+,32+/m0/s1. The van der Waals surface area contributed by atoms with Gasteiger partial charge in [0.05, 0.1) is 48.5 Å². The van der Waals surface area contributed by atoms with Gasteiger partial charge in [0.1, 0.15) is 11.6 Å². The molecular formula is C32H30N4O2. The average molecular weight is 503 g/mol. The second-order valence-electron chi connectivity index (χ2n) is 11.5. The second kappa shape index (κ2) is 8.35. The average Bonchev–Trinajstić information content (AvgIpc) is 3.71. The molecule has 0 saturated heterocycles. The van der Waals surface area contributed by atoms with E-state index in [1.807, 2.05) is 25.0 Å². The van der Waals surface area contributed by atoms with E-state index in [0.717, 1.165) is 43.5 Å². The van der Waals surface area contributed by atoms with E-state index in [1.54, 1.807) is 0 Å². The number of hydrogen-bond donors (Lipinski definition) is 0. The predicted octanol–water partition coefficient (Wildman–Crippen LogP) is 6.13. The molecule has 4 aliphatic rings. The highest BCUT2D eigenvalue weighted by Gasteiger charge is 2.43. The molecule has 2 aromatic heterocycles. The van der Waals surface area contributed by atoms with E-state index in [1.165, 1.54) is 27.8 Å². The van der Waals surface area contributed by atoms with Gasteiger partial charge in [-0.3, -0.25) is 9.59 Å². The first kappa shape index (κ1) is 22.2. The molecule has 1 unspecified atom stereocenters. The minimum atomic E-state index is -0.0438. The summed E-state index contributed by atoms with van der Waals surface area (Å²) in [6.45, 7) is 0. The highest BCUT2D eigenvalue weighted by molar-refractivity contribution is 5.87. The van der Waals surface area contributed by atoms with Crippen LogP contribution in [0.2, 0.25) is 0 Å². The van der Waals surface area contributed by atoms with Crippen molar-refractivity contribution in [2.24, 2.45) is 11.8 Å². The number of imidazole rings is 2. The van der Waals surface area contributed by atoms with Crippen LogP contribution in [0.3, 0.4) is 0 Å². The van der Waals surface area contributed by atoms with Crippen LogP contribution in [0.5, 0.6) is 0 Å². The maximum Gasteiger partial charge on any atom is 0.139 e. The lowest BCUT2D eigenvalue weighted by molar-refractivity contribution is -0.126. The molecule has 0 spiro atoms. The van der Waals surface area contributed by atoms with Crippen molar-refractivity contribution in [3.63, 3.8) is 0 Å². The maximum atomic E-state index is 13.9. The lowest BCUT2D eigenvalue weighted by atomic mass is 9.72. The Morgan fingerprint density at radius 2 is 1.39 bits per heavy atom. The zero-order chi connectivity index (χ0) is 25.4. The third-order valence-electron chi connectivity index (χ3n) is 9.68. The number of carbonyl (C=O) groups is 2. The Morgan fingerprint density at radius 3 is 2.24 bits per heavy atom. The highest BCUT2D eigenvalue weighted by atomic mass is 16.1. The van der Waals surface area contributed by atoms with Crippen molar-refractivity contribution in [2.75, 3.05) is 0 Å². The minimum absolute atomic E-state index is 0.0115. The van der Waals surface area contributed by atoms with Crippen molar-refractivity contribution in [3.8, 4) is 22.5 Å². The van der Waals surface area contributed by atoms with Crippen LogP contribution >= 0.6 is 0 Å². The summed E-state index contributed by atoms with van der Waals surface area (Å²) in [5.74, 6) is 0.864. The van der Waals surface area contributed by atoms with Crippen molar-refractivity contribution >= 4 is 11.6 Å². The molecule has 38 heavy (non-hydrogen) atoms. The molecule has 0 bridgehead atoms. The van der Waals surface area contributed by atoms with Crippen molar-refractivity contribution in [2.45, 2.75) is 62.9 Å². The molecule has 4 aromatic rings. The Balaban J connectivity index is 1.13. The quantitative estimate of drug-likeness (QED) is 0.338. The van der Waals surface area contributed by atoms with E-state index < -0.39 is 0 Å². The number of Topliss-reactive ketones (excluding diaryl/α,β-unsaturated/α-hetero) is 2. The van der Waals surface area contributed by atoms with Gasteiger partial charge in [0.2, 0.25) is 0 Å². The zero-order valence-electron chi connectivity index (χ0n) is 21.3. The van der Waals surface area contributed by atoms with Crippen LogP contribution in [-0.2, 0) is 9.59 Å². The summed E-state index contributed by atoms with van der Waals surface area (Å²) in [6.07, 6.45) is 13.7. The van der Waals surface area contributed by atoms with Gasteiger partial charge < -0.3 is 9.13 Å². The summed E-state index contributed by atoms with van der Waals surface area (Å²) < 4.78 is 4.43. The van der Waals surface area contributed by atoms with Crippen LogP contribution in [0.4, 0.5) is 0 Å². The monoisotopic (exact) mass is 502 g/mol. The molecule has 5 atom stereocenters. The molecule has 190 valence electrons. The number of ketones is 2. The van der Waals surface area contributed by atoms with Gasteiger partial charge in [-0.25, -0.2) is 9.97 Å². The van der Waals surface area contributed by atoms with Gasteiger partial charge in [0.15, 0.2) is 0 Å². The number of hydrogen-bond acceptors (Lipinski definition) is 4. The van der Waals surface area contributed by atoms with Gasteiger partial charge in [-0.2, -0.15) is 0 Å². The first-order valence-corrected chi connectivity index (χ1v) is 14.0. The summed E-state index contributed by atoms with van der Waals surface area (Å²) in [7, 11) is 0. The number of fused-ring (bicyclic) bond motifs is 6. The molecule has 2 saturated carbocycles. The van der Waals surface area contributed by atoms with Gasteiger partial charge >= 0.3 is 0 Å². The first-order valence-electron chi connectivity index (χ1n) is 14.0. The zero-order valence-corrected chi connectivity index (χ0v) is 21.3. The molecule has 2 aromatic carbocycles. The van der Waals surface area contributed by atoms with Crippen LogP contribution in [-0.4, -0.2) is 30.7 Å².